The molecule has 0 bridgehead atoms. The average Bonchev–Trinajstić information content (AvgIpc) is 3.16. The molecule has 3 aromatic rings. The molecule has 24 heavy (non-hydrogen) atoms. The van der Waals surface area contributed by atoms with Crippen LogP contribution in [0.3, 0.4) is 0 Å². The van der Waals surface area contributed by atoms with Gasteiger partial charge in [0.25, 0.3) is 6.01 Å². The zero-order chi connectivity index (χ0) is 16.5. The van der Waals surface area contributed by atoms with Crippen LogP contribution in [0.15, 0.2) is 40.9 Å². The first-order valence-corrected chi connectivity index (χ1v) is 7.67. The lowest BCUT2D eigenvalue weighted by Gasteiger charge is -2.24. The summed E-state index contributed by atoms with van der Waals surface area (Å²) in [5.74, 6) is 0.274. The van der Waals surface area contributed by atoms with Gasteiger partial charge >= 0.3 is 0 Å². The summed E-state index contributed by atoms with van der Waals surface area (Å²) in [5, 5.41) is 10.9. The number of aromatic nitrogens is 3. The van der Waals surface area contributed by atoms with Crippen LogP contribution in [-0.4, -0.2) is 40.5 Å². The highest BCUT2D eigenvalue weighted by Gasteiger charge is 2.33. The van der Waals surface area contributed by atoms with Crippen molar-refractivity contribution in [3.8, 4) is 0 Å². The summed E-state index contributed by atoms with van der Waals surface area (Å²) < 4.78 is 32.6. The number of alkyl halides is 1. The molecule has 1 fully saturated rings. The molecule has 0 unspecified atom stereocenters. The van der Waals surface area contributed by atoms with E-state index >= 15 is 0 Å². The van der Waals surface area contributed by atoms with Crippen LogP contribution in [0.25, 0.3) is 11.1 Å². The van der Waals surface area contributed by atoms with Gasteiger partial charge in [-0.1, -0.05) is 0 Å². The van der Waals surface area contributed by atoms with E-state index in [0.29, 0.717) is 29.9 Å². The maximum absolute atomic E-state index is 13.8. The van der Waals surface area contributed by atoms with Crippen LogP contribution in [0.5, 0.6) is 0 Å². The number of nitrogens with zero attached hydrogens (tertiary/aromatic N) is 4. The minimum absolute atomic E-state index is 0.0940. The van der Waals surface area contributed by atoms with Crippen molar-refractivity contribution in [3.05, 3.63) is 42.3 Å². The highest BCUT2D eigenvalue weighted by molar-refractivity contribution is 5.74. The molecule has 1 aliphatic heterocycles. The fraction of sp³-hybridized carbons (Fsp3) is 0.312. The van der Waals surface area contributed by atoms with Gasteiger partial charge in [0, 0.05) is 25.2 Å². The van der Waals surface area contributed by atoms with Crippen LogP contribution in [0.2, 0.25) is 0 Å². The quantitative estimate of drug-likeness (QED) is 0.793. The van der Waals surface area contributed by atoms with Gasteiger partial charge in [-0.2, -0.15) is 10.1 Å². The van der Waals surface area contributed by atoms with Crippen molar-refractivity contribution in [1.82, 2.24) is 15.2 Å². The molecule has 0 saturated carbocycles. The third-order valence-corrected chi connectivity index (χ3v) is 4.05. The number of nitrogens with one attached hydrogen (secondary N) is 1. The zero-order valence-electron chi connectivity index (χ0n) is 12.7. The molecule has 0 aliphatic carbocycles. The van der Waals surface area contributed by atoms with Crippen molar-refractivity contribution in [2.24, 2.45) is 0 Å². The van der Waals surface area contributed by atoms with Gasteiger partial charge in [-0.15, -0.1) is 5.10 Å². The molecular formula is C16H15F2N5O. The third-order valence-electron chi connectivity index (χ3n) is 4.05. The second-order valence-corrected chi connectivity index (χ2v) is 5.73. The summed E-state index contributed by atoms with van der Waals surface area (Å²) in [4.78, 5) is 6.08. The summed E-state index contributed by atoms with van der Waals surface area (Å²) >= 11 is 0. The Labute approximate surface area is 136 Å². The Morgan fingerprint density at radius 3 is 3.08 bits per heavy atom. The van der Waals surface area contributed by atoms with Crippen molar-refractivity contribution in [2.45, 2.75) is 18.6 Å². The summed E-state index contributed by atoms with van der Waals surface area (Å²) in [6.07, 6.45) is 1.05. The molecule has 3 heterocycles. The number of benzene rings is 1. The molecule has 1 aliphatic rings. The van der Waals surface area contributed by atoms with Gasteiger partial charge < -0.3 is 14.6 Å². The molecule has 6 nitrogen and oxygen atoms in total. The first-order chi connectivity index (χ1) is 11.7. The molecule has 1 N–H and O–H groups in total. The highest BCUT2D eigenvalue weighted by Crippen LogP contribution is 2.26. The smallest absolute Gasteiger partial charge is 0.295 e. The van der Waals surface area contributed by atoms with Gasteiger partial charge in [0.2, 0.25) is 0 Å². The first-order valence-electron chi connectivity index (χ1n) is 7.67. The maximum atomic E-state index is 13.8. The maximum Gasteiger partial charge on any atom is 0.295 e. The van der Waals surface area contributed by atoms with E-state index in [1.807, 2.05) is 4.90 Å². The molecule has 124 valence electrons. The Kier molecular flexibility index (Phi) is 3.72. The van der Waals surface area contributed by atoms with Gasteiger partial charge in [-0.3, -0.25) is 0 Å². The number of oxazole rings is 1. The Morgan fingerprint density at radius 1 is 1.33 bits per heavy atom. The summed E-state index contributed by atoms with van der Waals surface area (Å²) in [6.45, 7) is 0.718. The van der Waals surface area contributed by atoms with Crippen molar-refractivity contribution in [2.75, 3.05) is 23.3 Å². The van der Waals surface area contributed by atoms with Gasteiger partial charge in [0.1, 0.15) is 17.5 Å². The van der Waals surface area contributed by atoms with E-state index in [1.165, 1.54) is 18.2 Å². The van der Waals surface area contributed by atoms with Crippen LogP contribution in [0.1, 0.15) is 6.42 Å². The molecule has 8 heteroatoms. The van der Waals surface area contributed by atoms with E-state index in [1.54, 1.807) is 18.3 Å². The average molecular weight is 331 g/mol. The number of halogens is 2. The van der Waals surface area contributed by atoms with E-state index in [0.717, 1.165) is 0 Å². The third kappa shape index (κ3) is 2.86. The summed E-state index contributed by atoms with van der Waals surface area (Å²) in [5.41, 5.74) is 0.942. The highest BCUT2D eigenvalue weighted by atomic mass is 19.1. The van der Waals surface area contributed by atoms with Crippen molar-refractivity contribution in [1.29, 1.82) is 0 Å². The van der Waals surface area contributed by atoms with Crippen LogP contribution in [0.4, 0.5) is 20.6 Å². The fourth-order valence-corrected chi connectivity index (χ4v) is 2.96. The van der Waals surface area contributed by atoms with Crippen LogP contribution < -0.4 is 10.2 Å². The SMILES string of the molecule is Fc1ccc2oc(NC[C@@H]3C[C@H](F)CN3c3cccnn3)nc2c1. The topological polar surface area (TPSA) is 67.1 Å². The number of hydrogen-bond donors (Lipinski definition) is 1. The van der Waals surface area contributed by atoms with Gasteiger partial charge in [0.05, 0.1) is 12.6 Å². The Morgan fingerprint density at radius 2 is 2.25 bits per heavy atom. The van der Waals surface area contributed by atoms with Crippen LogP contribution in [0, 0.1) is 5.82 Å². The van der Waals surface area contributed by atoms with Gasteiger partial charge in [0.15, 0.2) is 11.4 Å². The fourth-order valence-electron chi connectivity index (χ4n) is 2.96. The summed E-state index contributed by atoms with van der Waals surface area (Å²) in [6, 6.07) is 7.93. The van der Waals surface area contributed by atoms with E-state index < -0.39 is 6.17 Å². The van der Waals surface area contributed by atoms with Crippen molar-refractivity contribution < 1.29 is 13.2 Å². The number of anilines is 2. The molecule has 1 saturated heterocycles. The lowest BCUT2D eigenvalue weighted by Crippen LogP contribution is -2.35. The predicted molar refractivity (Wildman–Crippen MR) is 85.1 cm³/mol. The van der Waals surface area contributed by atoms with E-state index in [4.69, 9.17) is 4.42 Å². The second kappa shape index (κ2) is 6.03. The Balaban J connectivity index is 1.49. The largest absolute Gasteiger partial charge is 0.424 e. The zero-order valence-corrected chi connectivity index (χ0v) is 12.7. The van der Waals surface area contributed by atoms with Crippen molar-refractivity contribution in [3.63, 3.8) is 0 Å². The molecule has 2 atom stereocenters. The molecule has 1 aromatic carbocycles. The van der Waals surface area contributed by atoms with E-state index in [-0.39, 0.29) is 24.4 Å². The predicted octanol–water partition coefficient (Wildman–Crippen LogP) is 2.79. The minimum Gasteiger partial charge on any atom is -0.424 e. The van der Waals surface area contributed by atoms with Crippen molar-refractivity contribution >= 4 is 22.9 Å². The molecule has 4 rings (SSSR count). The van der Waals surface area contributed by atoms with Crippen LogP contribution in [-0.2, 0) is 0 Å². The Bertz CT molecular complexity index is 841. The van der Waals surface area contributed by atoms with Crippen LogP contribution >= 0.6 is 0 Å². The lowest BCUT2D eigenvalue weighted by molar-refractivity contribution is 0.357. The summed E-state index contributed by atoms with van der Waals surface area (Å²) in [7, 11) is 0. The molecule has 0 amide bonds. The monoisotopic (exact) mass is 331 g/mol. The molecule has 0 radical (unpaired) electrons. The normalized spacial score (nSPS) is 20.7. The number of rotatable bonds is 4. The standard InChI is InChI=1S/C16H15F2N5O/c17-10-3-4-14-13(7-10)21-16(24-14)19-8-12-6-11(18)9-23(12)15-2-1-5-20-22-15/h1-5,7,11-12H,6,8-9H2,(H,19,21)/t11-,12-/m0/s1. The van der Waals surface area contributed by atoms with E-state index in [9.17, 15) is 8.78 Å². The minimum atomic E-state index is -0.920. The Hall–Kier alpha value is -2.77. The molecular weight excluding hydrogens is 316 g/mol. The van der Waals surface area contributed by atoms with Gasteiger partial charge in [-0.05, 0) is 24.3 Å². The first kappa shape index (κ1) is 14.8. The second-order valence-electron chi connectivity index (χ2n) is 5.73. The van der Waals surface area contributed by atoms with E-state index in [2.05, 4.69) is 20.5 Å². The lowest BCUT2D eigenvalue weighted by atomic mass is 10.2. The molecule has 0 spiro atoms. The molecule has 2 aromatic heterocycles. The van der Waals surface area contributed by atoms with Gasteiger partial charge in [-0.25, -0.2) is 8.78 Å². The number of hydrogen-bond acceptors (Lipinski definition) is 6. The number of fused-ring (bicyclic) bond motifs is 1.